The molecule has 0 fully saturated rings. The summed E-state index contributed by atoms with van der Waals surface area (Å²) in [7, 11) is 0. The number of anilines is 1. The van der Waals surface area contributed by atoms with Crippen molar-refractivity contribution in [2.75, 3.05) is 5.32 Å². The van der Waals surface area contributed by atoms with Gasteiger partial charge in [0.2, 0.25) is 0 Å². The van der Waals surface area contributed by atoms with Crippen molar-refractivity contribution >= 4 is 34.0 Å². The number of benzene rings is 1. The molecule has 3 aromatic rings. The Morgan fingerprint density at radius 1 is 1.36 bits per heavy atom. The van der Waals surface area contributed by atoms with E-state index >= 15 is 0 Å². The smallest absolute Gasteiger partial charge is 0.279 e. The highest BCUT2D eigenvalue weighted by atomic mass is 35.5. The Morgan fingerprint density at radius 3 is 2.76 bits per heavy atom. The fourth-order valence-electron chi connectivity index (χ4n) is 1.98. The minimum absolute atomic E-state index is 0.0230. The van der Waals surface area contributed by atoms with E-state index in [2.05, 4.69) is 20.6 Å². The molecule has 0 aliphatic carbocycles. The van der Waals surface area contributed by atoms with E-state index in [0.29, 0.717) is 16.4 Å². The van der Waals surface area contributed by atoms with Gasteiger partial charge in [0.15, 0.2) is 10.8 Å². The lowest BCUT2D eigenvalue weighted by Gasteiger charge is -2.17. The highest BCUT2D eigenvalue weighted by Crippen LogP contribution is 2.28. The van der Waals surface area contributed by atoms with Crippen LogP contribution in [0, 0.1) is 5.82 Å². The van der Waals surface area contributed by atoms with E-state index in [4.69, 9.17) is 11.6 Å². The molecular weight excluding hydrogens is 365 g/mol. The van der Waals surface area contributed by atoms with Gasteiger partial charge in [0.25, 0.3) is 5.91 Å². The summed E-state index contributed by atoms with van der Waals surface area (Å²) in [6, 6.07) is 4.35. The number of nitrogens with one attached hydrogen (secondary N) is 1. The highest BCUT2D eigenvalue weighted by Gasteiger charge is 2.19. The van der Waals surface area contributed by atoms with E-state index in [9.17, 15) is 9.18 Å². The van der Waals surface area contributed by atoms with Crippen LogP contribution in [0.5, 0.6) is 0 Å². The minimum Gasteiger partial charge on any atom is -0.296 e. The number of nitrogens with zero attached hydrogens (tertiary/aromatic N) is 4. The summed E-state index contributed by atoms with van der Waals surface area (Å²) in [5.74, 6) is -0.885. The van der Waals surface area contributed by atoms with Gasteiger partial charge in [0.1, 0.15) is 5.82 Å². The number of thiazole rings is 1. The molecule has 0 atom stereocenters. The second kappa shape index (κ2) is 6.53. The molecule has 6 nitrogen and oxygen atoms in total. The van der Waals surface area contributed by atoms with Gasteiger partial charge in [-0.3, -0.25) is 10.1 Å². The summed E-state index contributed by atoms with van der Waals surface area (Å²) in [5, 5.41) is 12.7. The van der Waals surface area contributed by atoms with Gasteiger partial charge < -0.3 is 0 Å². The molecule has 130 valence electrons. The van der Waals surface area contributed by atoms with Crippen LogP contribution in [-0.4, -0.2) is 25.9 Å². The molecular formula is C16H15ClFN5OS. The minimum atomic E-state index is -0.490. The number of carbonyl (C=O) groups excluding carboxylic acids is 1. The molecule has 0 spiro atoms. The van der Waals surface area contributed by atoms with Gasteiger partial charge >= 0.3 is 0 Å². The monoisotopic (exact) mass is 379 g/mol. The van der Waals surface area contributed by atoms with Gasteiger partial charge in [0, 0.05) is 10.9 Å². The van der Waals surface area contributed by atoms with E-state index in [1.165, 1.54) is 23.5 Å². The third kappa shape index (κ3) is 3.85. The average Bonchev–Trinajstić information content (AvgIpc) is 3.18. The van der Waals surface area contributed by atoms with Crippen LogP contribution in [0.15, 0.2) is 29.8 Å². The normalized spacial score (nSPS) is 11.6. The van der Waals surface area contributed by atoms with E-state index in [-0.39, 0.29) is 16.3 Å². The predicted molar refractivity (Wildman–Crippen MR) is 95.5 cm³/mol. The van der Waals surface area contributed by atoms with Crippen molar-refractivity contribution < 1.29 is 9.18 Å². The van der Waals surface area contributed by atoms with Gasteiger partial charge in [-0.2, -0.15) is 0 Å². The number of rotatable bonds is 3. The zero-order chi connectivity index (χ0) is 18.2. The molecule has 1 aromatic carbocycles. The molecule has 0 saturated heterocycles. The van der Waals surface area contributed by atoms with E-state index < -0.39 is 11.7 Å². The molecule has 25 heavy (non-hydrogen) atoms. The molecule has 3 rings (SSSR count). The number of hydrogen-bond donors (Lipinski definition) is 1. The van der Waals surface area contributed by atoms with Gasteiger partial charge in [-0.25, -0.2) is 14.1 Å². The van der Waals surface area contributed by atoms with Crippen molar-refractivity contribution in [3.8, 4) is 11.3 Å². The van der Waals surface area contributed by atoms with Crippen molar-refractivity contribution in [2.24, 2.45) is 0 Å². The lowest BCUT2D eigenvalue weighted by molar-refractivity contribution is 0.102. The third-order valence-corrected chi connectivity index (χ3v) is 4.40. The fraction of sp³-hybridized carbons (Fsp3) is 0.250. The molecule has 0 bridgehead atoms. The van der Waals surface area contributed by atoms with Crippen molar-refractivity contribution in [1.29, 1.82) is 0 Å². The summed E-state index contributed by atoms with van der Waals surface area (Å²) >= 11 is 7.04. The molecule has 2 heterocycles. The first-order valence-electron chi connectivity index (χ1n) is 7.39. The van der Waals surface area contributed by atoms with Gasteiger partial charge in [0.05, 0.1) is 22.5 Å². The second-order valence-corrected chi connectivity index (χ2v) is 7.61. The number of aromatic nitrogens is 4. The summed E-state index contributed by atoms with van der Waals surface area (Å²) in [4.78, 5) is 16.6. The first kappa shape index (κ1) is 17.5. The predicted octanol–water partition coefficient (Wildman–Crippen LogP) is 4.20. The molecule has 9 heteroatoms. The van der Waals surface area contributed by atoms with E-state index in [0.717, 1.165) is 0 Å². The first-order valence-corrected chi connectivity index (χ1v) is 8.65. The maximum atomic E-state index is 13.2. The molecule has 1 N–H and O–H groups in total. The van der Waals surface area contributed by atoms with Crippen LogP contribution in [0.3, 0.4) is 0 Å². The Morgan fingerprint density at radius 2 is 2.12 bits per heavy atom. The Labute approximate surface area is 152 Å². The number of hydrogen-bond acceptors (Lipinski definition) is 5. The number of carbonyl (C=O) groups is 1. The number of amides is 1. The first-order chi connectivity index (χ1) is 11.7. The summed E-state index contributed by atoms with van der Waals surface area (Å²) in [6.07, 6.45) is 1.59. The Kier molecular flexibility index (Phi) is 4.57. The molecule has 0 unspecified atom stereocenters. The van der Waals surface area contributed by atoms with Gasteiger partial charge in [-0.15, -0.1) is 16.4 Å². The Hall–Kier alpha value is -2.32. The van der Waals surface area contributed by atoms with Crippen molar-refractivity contribution in [2.45, 2.75) is 26.3 Å². The summed E-state index contributed by atoms with van der Waals surface area (Å²) < 4.78 is 14.9. The number of halogens is 2. The van der Waals surface area contributed by atoms with E-state index in [1.807, 2.05) is 20.8 Å². The average molecular weight is 380 g/mol. The quantitative estimate of drug-likeness (QED) is 0.740. The molecule has 0 saturated carbocycles. The molecule has 2 aromatic heterocycles. The van der Waals surface area contributed by atoms with Crippen LogP contribution in [0.2, 0.25) is 5.02 Å². The molecule has 0 aliphatic heterocycles. The van der Waals surface area contributed by atoms with Crippen molar-refractivity contribution in [3.63, 3.8) is 0 Å². The Bertz CT molecular complexity index is 931. The van der Waals surface area contributed by atoms with Crippen LogP contribution in [0.25, 0.3) is 11.3 Å². The molecule has 0 aliphatic rings. The highest BCUT2D eigenvalue weighted by molar-refractivity contribution is 7.14. The second-order valence-electron chi connectivity index (χ2n) is 6.34. The maximum Gasteiger partial charge on any atom is 0.279 e. The topological polar surface area (TPSA) is 72.7 Å². The molecule has 0 radical (unpaired) electrons. The van der Waals surface area contributed by atoms with Gasteiger partial charge in [-0.05, 0) is 39.0 Å². The van der Waals surface area contributed by atoms with Crippen LogP contribution in [0.1, 0.15) is 31.3 Å². The Balaban J connectivity index is 1.75. The van der Waals surface area contributed by atoms with Gasteiger partial charge in [-0.1, -0.05) is 16.8 Å². The summed E-state index contributed by atoms with van der Waals surface area (Å²) in [6.45, 7) is 5.89. The zero-order valence-electron chi connectivity index (χ0n) is 13.7. The van der Waals surface area contributed by atoms with E-state index in [1.54, 1.807) is 22.3 Å². The third-order valence-electron chi connectivity index (χ3n) is 3.35. The van der Waals surface area contributed by atoms with Crippen LogP contribution < -0.4 is 5.32 Å². The van der Waals surface area contributed by atoms with Crippen molar-refractivity contribution in [1.82, 2.24) is 20.0 Å². The lowest BCUT2D eigenvalue weighted by atomic mass is 10.1. The molecule has 1 amide bonds. The zero-order valence-corrected chi connectivity index (χ0v) is 15.3. The van der Waals surface area contributed by atoms with Crippen molar-refractivity contribution in [3.05, 3.63) is 46.3 Å². The SMILES string of the molecule is CC(C)(C)n1cc(C(=O)Nc2nc(-c3ccc(F)c(Cl)c3)cs2)nn1. The standard InChI is InChI=1S/C16H15ClFN5OS/c1-16(2,3)23-7-12(21-22-23)14(24)20-15-19-13(8-25-15)9-4-5-11(18)10(17)6-9/h4-8H,1-3H3,(H,19,20,24). The van der Waals surface area contributed by atoms with Crippen LogP contribution in [0.4, 0.5) is 9.52 Å². The van der Waals surface area contributed by atoms with Crippen LogP contribution in [-0.2, 0) is 5.54 Å². The van der Waals surface area contributed by atoms with Crippen LogP contribution >= 0.6 is 22.9 Å². The fourth-order valence-corrected chi connectivity index (χ4v) is 2.87. The lowest BCUT2D eigenvalue weighted by Crippen LogP contribution is -2.22. The maximum absolute atomic E-state index is 13.2. The summed E-state index contributed by atoms with van der Waals surface area (Å²) in [5.41, 5.74) is 1.21. The largest absolute Gasteiger partial charge is 0.296 e.